The number of hydrogen-bond donors (Lipinski definition) is 3. The Hall–Kier alpha value is -6.37. The molecule has 432 valence electrons. The molecule has 2 heterocycles. The smallest absolute Gasteiger partial charge is 0.328 e. The SMILES string of the molecule is CCC[C@H](CC(=O)N1CCC[C@H]1C(=O)N(C)[C@@H](Cc1ccccc1)C(=O)N[C@@H](CC(C)C)C(=O)N(C)[C@@H](C(=O)N[C@H](C(=O)N[C@@H](C)C(=O)N1CCC[C@H]1C(=O)N(C)[C@@H](Cc1ccccc1)C(=O)OC)[C@@H](C)CC)C(C)C)OC. The Morgan fingerprint density at radius 2 is 1.18 bits per heavy atom. The number of benzene rings is 2. The molecule has 0 unspecified atom stereocenters. The van der Waals surface area contributed by atoms with Crippen LogP contribution in [0.5, 0.6) is 0 Å². The molecule has 19 nitrogen and oxygen atoms in total. The molecule has 8 amide bonds. The Balaban J connectivity index is 1.52. The van der Waals surface area contributed by atoms with Gasteiger partial charge in [0.05, 0.1) is 19.6 Å². The van der Waals surface area contributed by atoms with Gasteiger partial charge < -0.3 is 49.9 Å². The van der Waals surface area contributed by atoms with Crippen LogP contribution >= 0.6 is 0 Å². The van der Waals surface area contributed by atoms with Gasteiger partial charge >= 0.3 is 5.97 Å². The summed E-state index contributed by atoms with van der Waals surface area (Å²) in [4.78, 5) is 135. The van der Waals surface area contributed by atoms with Gasteiger partial charge in [0.15, 0.2) is 0 Å². The predicted octanol–water partition coefficient (Wildman–Crippen LogP) is 4.54. The number of likely N-dealkylation sites (N-methyl/N-ethyl adjacent to an activating group) is 3. The molecule has 2 saturated heterocycles. The zero-order valence-electron chi connectivity index (χ0n) is 48.6. The highest BCUT2D eigenvalue weighted by Gasteiger charge is 2.44. The van der Waals surface area contributed by atoms with Crippen LogP contribution in [0.4, 0.5) is 0 Å². The monoisotopic (exact) mass is 1090 g/mol. The molecule has 0 bridgehead atoms. The van der Waals surface area contributed by atoms with Gasteiger partial charge in [-0.15, -0.1) is 0 Å². The molecule has 2 aromatic rings. The molecule has 4 rings (SSSR count). The quantitative estimate of drug-likeness (QED) is 0.100. The van der Waals surface area contributed by atoms with E-state index in [1.165, 1.54) is 47.7 Å². The number of ether oxygens (including phenoxy) is 2. The first-order valence-electron chi connectivity index (χ1n) is 28.0. The summed E-state index contributed by atoms with van der Waals surface area (Å²) in [6.45, 7) is 15.2. The van der Waals surface area contributed by atoms with Gasteiger partial charge in [0.2, 0.25) is 47.3 Å². The summed E-state index contributed by atoms with van der Waals surface area (Å²) in [6.07, 6.45) is 4.33. The minimum absolute atomic E-state index is 0.0953. The van der Waals surface area contributed by atoms with Gasteiger partial charge in [-0.25, -0.2) is 4.79 Å². The van der Waals surface area contributed by atoms with Crippen LogP contribution in [0.15, 0.2) is 60.7 Å². The van der Waals surface area contributed by atoms with Crippen LogP contribution < -0.4 is 16.0 Å². The van der Waals surface area contributed by atoms with Crippen molar-refractivity contribution in [3.63, 3.8) is 0 Å². The highest BCUT2D eigenvalue weighted by Crippen LogP contribution is 2.26. The second kappa shape index (κ2) is 30.7. The van der Waals surface area contributed by atoms with Crippen LogP contribution in [0, 0.1) is 17.8 Å². The van der Waals surface area contributed by atoms with E-state index in [0.29, 0.717) is 45.1 Å². The van der Waals surface area contributed by atoms with Gasteiger partial charge in [-0.2, -0.15) is 0 Å². The van der Waals surface area contributed by atoms with E-state index in [1.807, 2.05) is 88.4 Å². The third kappa shape index (κ3) is 17.1. The summed E-state index contributed by atoms with van der Waals surface area (Å²) in [6, 6.07) is 10.3. The molecular weight excluding hydrogens is 997 g/mol. The maximum Gasteiger partial charge on any atom is 0.328 e. The van der Waals surface area contributed by atoms with Crippen molar-refractivity contribution in [3.8, 4) is 0 Å². The number of nitrogens with one attached hydrogen (secondary N) is 3. The van der Waals surface area contributed by atoms with Crippen molar-refractivity contribution in [2.75, 3.05) is 48.5 Å². The van der Waals surface area contributed by atoms with Crippen LogP contribution in [-0.4, -0.2) is 181 Å². The third-order valence-corrected chi connectivity index (χ3v) is 15.5. The number of likely N-dealkylation sites (tertiary alicyclic amines) is 2. The lowest BCUT2D eigenvalue weighted by atomic mass is 9.95. The first kappa shape index (κ1) is 64.2. The van der Waals surface area contributed by atoms with E-state index in [4.69, 9.17) is 9.47 Å². The van der Waals surface area contributed by atoms with E-state index in [9.17, 15) is 43.2 Å². The van der Waals surface area contributed by atoms with E-state index >= 15 is 0 Å². The molecule has 2 fully saturated rings. The number of nitrogens with zero attached hydrogens (tertiary/aromatic N) is 5. The van der Waals surface area contributed by atoms with Crippen molar-refractivity contribution < 1.29 is 52.6 Å². The summed E-state index contributed by atoms with van der Waals surface area (Å²) in [5.74, 6) is -5.46. The molecular formula is C59H90N8O11. The first-order chi connectivity index (χ1) is 37.0. The lowest BCUT2D eigenvalue weighted by Crippen LogP contribution is -2.62. The van der Waals surface area contributed by atoms with Gasteiger partial charge in [0, 0.05) is 54.2 Å². The van der Waals surface area contributed by atoms with Crippen molar-refractivity contribution >= 4 is 53.2 Å². The molecule has 0 saturated carbocycles. The summed E-state index contributed by atoms with van der Waals surface area (Å²) < 4.78 is 10.6. The lowest BCUT2D eigenvalue weighted by Gasteiger charge is -2.36. The number of hydrogen-bond acceptors (Lipinski definition) is 11. The number of carbonyl (C=O) groups excluding carboxylic acids is 9. The molecule has 0 radical (unpaired) electrons. The van der Waals surface area contributed by atoms with Gasteiger partial charge in [-0.1, -0.05) is 122 Å². The largest absolute Gasteiger partial charge is 0.467 e. The standard InChI is InChI=1S/C59H90N8O11/c1-14-24-43(77-12)36-49(68)66-31-22-29-45(66)57(74)63(9)47(34-41-25-18-16-19-26-41)52(69)61-44(33-37(3)4)56(73)65(11)51(38(5)6)54(71)62-50(39(7)15-2)53(70)60-40(8)55(72)67-32-23-30-46(67)58(75)64(10)48(59(76)78-13)35-42-27-20-17-21-28-42/h16-21,25-28,37-40,43-48,50-51H,14-15,22-24,29-36H2,1-13H3,(H,60,70)(H,61,69)(H,62,71)/t39-,40-,43+,44-,45-,46-,47-,48-,50-,51+/m0/s1. The molecule has 78 heavy (non-hydrogen) atoms. The highest BCUT2D eigenvalue weighted by atomic mass is 16.5. The van der Waals surface area contributed by atoms with Crippen molar-refractivity contribution in [2.45, 2.75) is 180 Å². The number of methoxy groups -OCH3 is 2. The van der Waals surface area contributed by atoms with Gasteiger partial charge in [-0.05, 0) is 74.3 Å². The zero-order valence-corrected chi connectivity index (χ0v) is 48.6. The van der Waals surface area contributed by atoms with Crippen molar-refractivity contribution in [1.29, 1.82) is 0 Å². The summed E-state index contributed by atoms with van der Waals surface area (Å²) in [7, 11) is 7.39. The van der Waals surface area contributed by atoms with Crippen LogP contribution in [-0.2, 0) is 65.5 Å². The molecule has 0 aromatic heterocycles. The van der Waals surface area contributed by atoms with Crippen molar-refractivity contribution in [2.24, 2.45) is 17.8 Å². The Kier molecular flexibility index (Phi) is 25.2. The number of esters is 1. The molecule has 2 aromatic carbocycles. The second-order valence-corrected chi connectivity index (χ2v) is 22.0. The number of carbonyl (C=O) groups is 9. The summed E-state index contributed by atoms with van der Waals surface area (Å²) in [5, 5.41) is 8.66. The average Bonchev–Trinajstić information content (AvgIpc) is 4.13. The molecule has 19 heteroatoms. The zero-order chi connectivity index (χ0) is 58.0. The van der Waals surface area contributed by atoms with Crippen molar-refractivity contribution in [3.05, 3.63) is 71.8 Å². The maximum absolute atomic E-state index is 14.8. The molecule has 2 aliphatic rings. The van der Waals surface area contributed by atoms with Gasteiger partial charge in [-0.3, -0.25) is 38.4 Å². The fraction of sp³-hybridized carbons (Fsp3) is 0.644. The molecule has 2 aliphatic heterocycles. The second-order valence-electron chi connectivity index (χ2n) is 22.0. The summed E-state index contributed by atoms with van der Waals surface area (Å²) in [5.41, 5.74) is 1.61. The Bertz CT molecular complexity index is 2340. The Labute approximate surface area is 463 Å². The molecule has 0 aliphatic carbocycles. The Morgan fingerprint density at radius 3 is 1.68 bits per heavy atom. The molecule has 0 spiro atoms. The Morgan fingerprint density at radius 1 is 0.654 bits per heavy atom. The highest BCUT2D eigenvalue weighted by molar-refractivity contribution is 5.98. The van der Waals surface area contributed by atoms with Crippen LogP contribution in [0.2, 0.25) is 0 Å². The van der Waals surface area contributed by atoms with Crippen LogP contribution in [0.1, 0.15) is 124 Å². The van der Waals surface area contributed by atoms with Gasteiger partial charge in [0.25, 0.3) is 0 Å². The van der Waals surface area contributed by atoms with E-state index in [1.54, 1.807) is 39.8 Å². The average molecular weight is 1090 g/mol. The minimum atomic E-state index is -1.13. The summed E-state index contributed by atoms with van der Waals surface area (Å²) >= 11 is 0. The maximum atomic E-state index is 14.8. The van der Waals surface area contributed by atoms with Crippen LogP contribution in [0.3, 0.4) is 0 Å². The molecule has 10 atom stereocenters. The fourth-order valence-corrected chi connectivity index (χ4v) is 10.7. The number of amides is 8. The van der Waals surface area contributed by atoms with Crippen LogP contribution in [0.25, 0.3) is 0 Å². The first-order valence-corrected chi connectivity index (χ1v) is 28.0. The van der Waals surface area contributed by atoms with Crippen molar-refractivity contribution in [1.82, 2.24) is 40.4 Å². The lowest BCUT2D eigenvalue weighted by molar-refractivity contribution is -0.154. The van der Waals surface area contributed by atoms with E-state index in [-0.39, 0.29) is 56.1 Å². The third-order valence-electron chi connectivity index (χ3n) is 15.5. The normalized spacial score (nSPS) is 18.4. The fourth-order valence-electron chi connectivity index (χ4n) is 10.7. The van der Waals surface area contributed by atoms with Gasteiger partial charge in [0.1, 0.15) is 48.3 Å². The topological polar surface area (TPSA) is 224 Å². The van der Waals surface area contributed by atoms with E-state index in [2.05, 4.69) is 16.0 Å². The molecule has 3 N–H and O–H groups in total. The van der Waals surface area contributed by atoms with E-state index in [0.717, 1.165) is 17.5 Å². The minimum Gasteiger partial charge on any atom is -0.467 e. The number of rotatable bonds is 28. The predicted molar refractivity (Wildman–Crippen MR) is 297 cm³/mol. The van der Waals surface area contributed by atoms with E-state index < -0.39 is 102 Å².